The van der Waals surface area contributed by atoms with Crippen LogP contribution in [0.4, 0.5) is 17.6 Å². The summed E-state index contributed by atoms with van der Waals surface area (Å²) < 4.78 is 53.2. The summed E-state index contributed by atoms with van der Waals surface area (Å²) in [5.74, 6) is -7.42. The van der Waals surface area contributed by atoms with E-state index in [1.54, 1.807) is 8.87 Å². The third-order valence-electron chi connectivity index (χ3n) is 3.77. The van der Waals surface area contributed by atoms with Crippen LogP contribution in [0.5, 0.6) is 0 Å². The molecule has 0 aliphatic carbocycles. The van der Waals surface area contributed by atoms with Crippen molar-refractivity contribution < 1.29 is 37.4 Å². The molecule has 170 valence electrons. The monoisotopic (exact) mass is 550 g/mol. The Morgan fingerprint density at radius 1 is 0.710 bits per heavy atom. The molecule has 0 fully saturated rings. The van der Waals surface area contributed by atoms with E-state index in [4.69, 9.17) is 10.2 Å². The number of carbonyl (C=O) groups is 2. The number of rotatable bonds is 8. The zero-order valence-electron chi connectivity index (χ0n) is 17.4. The van der Waals surface area contributed by atoms with E-state index in [-0.39, 0.29) is 21.1 Å². The van der Waals surface area contributed by atoms with Gasteiger partial charge in [-0.25, -0.2) is 27.2 Å². The van der Waals surface area contributed by atoms with Crippen LogP contribution in [-0.2, 0) is 0 Å². The van der Waals surface area contributed by atoms with Gasteiger partial charge >= 0.3 is 81.5 Å². The molecule has 0 aliphatic heterocycles. The fourth-order valence-electron chi connectivity index (χ4n) is 2.13. The maximum absolute atomic E-state index is 12.5. The molecule has 0 heterocycles. The topological polar surface area (TPSA) is 74.6 Å². The molecule has 0 spiro atoms. The first-order valence-corrected chi connectivity index (χ1v) is 13.8. The summed E-state index contributed by atoms with van der Waals surface area (Å²) >= 11 is 0.149. The summed E-state index contributed by atoms with van der Waals surface area (Å²) in [7, 11) is 0. The number of carboxylic acid groups (broad SMARTS) is 2. The van der Waals surface area contributed by atoms with Crippen LogP contribution in [0.3, 0.4) is 0 Å². The standard InChI is InChI=1S/2C7H4F2O2.2C4H9.Sn/c2*8-4-2-1-3-5(9)6(4)7(10)11;2*1-3-4-2;/h2*1-3H,(H,10,11);2*1,3-4H2,2H3;. The molecule has 2 aromatic rings. The molecule has 9 heteroatoms. The smallest absolute Gasteiger partial charge is 0.341 e. The van der Waals surface area contributed by atoms with Gasteiger partial charge in [0.05, 0.1) is 0 Å². The maximum atomic E-state index is 12.5. The molecule has 0 unspecified atom stereocenters. The largest absolute Gasteiger partial charge is 0.477 e. The van der Waals surface area contributed by atoms with E-state index < -0.39 is 46.3 Å². The van der Waals surface area contributed by atoms with Crippen molar-refractivity contribution in [1.29, 1.82) is 0 Å². The van der Waals surface area contributed by atoms with E-state index in [2.05, 4.69) is 13.8 Å². The second-order valence-corrected chi connectivity index (χ2v) is 10.5. The molecule has 4 nitrogen and oxygen atoms in total. The van der Waals surface area contributed by atoms with E-state index >= 15 is 0 Å². The van der Waals surface area contributed by atoms with Crippen LogP contribution in [0.1, 0.15) is 60.2 Å². The fourth-order valence-corrected chi connectivity index (χ4v) is 6.29. The third kappa shape index (κ3) is 11.8. The fraction of sp³-hybridized carbons (Fsp3) is 0.364. The van der Waals surface area contributed by atoms with Crippen LogP contribution in [-0.4, -0.2) is 43.3 Å². The van der Waals surface area contributed by atoms with Gasteiger partial charge in [0, 0.05) is 0 Å². The van der Waals surface area contributed by atoms with Crippen molar-refractivity contribution in [2.75, 3.05) is 0 Å². The Bertz CT molecular complexity index is 723. The first-order valence-electron chi connectivity index (χ1n) is 9.72. The number of aromatic carboxylic acids is 2. The Labute approximate surface area is 189 Å². The van der Waals surface area contributed by atoms with Crippen molar-refractivity contribution in [1.82, 2.24) is 0 Å². The number of hydrogen-bond acceptors (Lipinski definition) is 2. The molecule has 0 bridgehead atoms. The minimum Gasteiger partial charge on any atom is -0.477 e. The predicted octanol–water partition coefficient (Wildman–Crippen LogP) is 6.45. The SMILES string of the molecule is CCC[CH2][Sn][CH2]CCC.O=C(O)c1c(F)cccc1F.O=C(O)c1c(F)cccc1F. The van der Waals surface area contributed by atoms with Gasteiger partial charge in [-0.1, -0.05) is 12.1 Å². The third-order valence-corrected chi connectivity index (χ3v) is 7.80. The maximum Gasteiger partial charge on any atom is 0.341 e. The van der Waals surface area contributed by atoms with Crippen LogP contribution in [0, 0.1) is 23.3 Å². The molecule has 0 aromatic heterocycles. The molecule has 2 rings (SSSR count). The van der Waals surface area contributed by atoms with Gasteiger partial charge in [-0.15, -0.1) is 0 Å². The van der Waals surface area contributed by atoms with Gasteiger partial charge < -0.3 is 10.2 Å². The van der Waals surface area contributed by atoms with Gasteiger partial charge in [0.1, 0.15) is 34.4 Å². The quantitative estimate of drug-likeness (QED) is 0.226. The molecule has 0 saturated heterocycles. The van der Waals surface area contributed by atoms with Crippen LogP contribution in [0.15, 0.2) is 36.4 Å². The summed E-state index contributed by atoms with van der Waals surface area (Å²) in [5, 5.41) is 16.5. The van der Waals surface area contributed by atoms with Crippen LogP contribution in [0.25, 0.3) is 0 Å². The average Bonchev–Trinajstić information content (AvgIpc) is 2.68. The van der Waals surface area contributed by atoms with Crippen molar-refractivity contribution in [2.24, 2.45) is 0 Å². The Morgan fingerprint density at radius 2 is 1.00 bits per heavy atom. The van der Waals surface area contributed by atoms with Crippen molar-refractivity contribution in [3.63, 3.8) is 0 Å². The van der Waals surface area contributed by atoms with E-state index in [1.807, 2.05) is 0 Å². The van der Waals surface area contributed by atoms with Gasteiger partial charge in [0.25, 0.3) is 0 Å². The normalized spacial score (nSPS) is 9.74. The van der Waals surface area contributed by atoms with Gasteiger partial charge in [0.2, 0.25) is 0 Å². The number of halogens is 4. The Kier molecular flexibility index (Phi) is 15.5. The molecule has 0 aliphatic rings. The van der Waals surface area contributed by atoms with Crippen molar-refractivity contribution >= 4 is 33.1 Å². The van der Waals surface area contributed by atoms with Crippen molar-refractivity contribution in [3.05, 3.63) is 70.8 Å². The summed E-state index contributed by atoms with van der Waals surface area (Å²) in [4.78, 5) is 20.3. The number of unbranched alkanes of at least 4 members (excludes halogenated alkanes) is 2. The van der Waals surface area contributed by atoms with Crippen LogP contribution < -0.4 is 0 Å². The van der Waals surface area contributed by atoms with Gasteiger partial charge in [0.15, 0.2) is 0 Å². The van der Waals surface area contributed by atoms with Crippen molar-refractivity contribution in [2.45, 2.75) is 48.4 Å². The van der Waals surface area contributed by atoms with Gasteiger partial charge in [-0.2, -0.15) is 0 Å². The number of carboxylic acids is 2. The molecule has 2 aromatic carbocycles. The first kappa shape index (κ1) is 28.9. The first-order chi connectivity index (χ1) is 14.7. The van der Waals surface area contributed by atoms with E-state index in [9.17, 15) is 27.2 Å². The summed E-state index contributed by atoms with van der Waals surface area (Å²) in [6, 6.07) is 5.80. The zero-order chi connectivity index (χ0) is 23.8. The second-order valence-electron chi connectivity index (χ2n) is 6.26. The number of benzene rings is 2. The Balaban J connectivity index is 0.000000439. The average molecular weight is 549 g/mol. The molecule has 0 amide bonds. The molecule has 2 radical (unpaired) electrons. The van der Waals surface area contributed by atoms with Gasteiger partial charge in [-0.3, -0.25) is 0 Å². The second kappa shape index (κ2) is 16.6. The van der Waals surface area contributed by atoms with Crippen LogP contribution in [0.2, 0.25) is 8.87 Å². The summed E-state index contributed by atoms with van der Waals surface area (Å²) in [5.41, 5.74) is -1.82. The molecule has 2 N–H and O–H groups in total. The minimum atomic E-state index is -1.60. The van der Waals surface area contributed by atoms with Crippen molar-refractivity contribution in [3.8, 4) is 0 Å². The summed E-state index contributed by atoms with van der Waals surface area (Å²) in [6.45, 7) is 4.58. The van der Waals surface area contributed by atoms with E-state index in [0.29, 0.717) is 0 Å². The molecule has 0 saturated carbocycles. The number of hydrogen-bond donors (Lipinski definition) is 2. The molecule has 0 atom stereocenters. The molecule has 31 heavy (non-hydrogen) atoms. The summed E-state index contributed by atoms with van der Waals surface area (Å²) in [6.07, 6.45) is 5.84. The predicted molar refractivity (Wildman–Crippen MR) is 112 cm³/mol. The Morgan fingerprint density at radius 3 is 1.19 bits per heavy atom. The zero-order valence-corrected chi connectivity index (χ0v) is 20.3. The minimum absolute atomic E-state index is 0.149. The van der Waals surface area contributed by atoms with Crippen LogP contribution >= 0.6 is 0 Å². The van der Waals surface area contributed by atoms with Gasteiger partial charge in [-0.05, 0) is 24.3 Å². The van der Waals surface area contributed by atoms with E-state index in [0.717, 1.165) is 36.4 Å². The molecular weight excluding hydrogens is 523 g/mol. The molecular formula is C22H26F4O4Sn. The van der Waals surface area contributed by atoms with E-state index in [1.165, 1.54) is 25.7 Å². The Hall–Kier alpha value is -2.10.